The first-order valence-electron chi connectivity index (χ1n) is 5.61. The van der Waals surface area contributed by atoms with Gasteiger partial charge in [0.1, 0.15) is 0 Å². The molecule has 2 nitrogen and oxygen atoms in total. The monoisotopic (exact) mass is 342 g/mol. The summed E-state index contributed by atoms with van der Waals surface area (Å²) in [4.78, 5) is 2.47. The summed E-state index contributed by atoms with van der Waals surface area (Å²) in [6.07, 6.45) is -3.30. The molecule has 1 heterocycles. The lowest BCUT2D eigenvalue weighted by Crippen LogP contribution is -2.49. The predicted molar refractivity (Wildman–Crippen MR) is 73.7 cm³/mol. The highest BCUT2D eigenvalue weighted by molar-refractivity contribution is 9.10. The van der Waals surface area contributed by atoms with Crippen LogP contribution in [0.4, 0.5) is 13.2 Å². The van der Waals surface area contributed by atoms with Crippen LogP contribution in [0.1, 0.15) is 11.3 Å². The Morgan fingerprint density at radius 2 is 1.75 bits per heavy atom. The Labute approximate surface area is 122 Å². The van der Waals surface area contributed by atoms with Crippen molar-refractivity contribution in [2.75, 3.05) is 0 Å². The number of alkyl halides is 3. The van der Waals surface area contributed by atoms with E-state index in [0.29, 0.717) is 5.56 Å². The summed E-state index contributed by atoms with van der Waals surface area (Å²) < 4.78 is 40.4. The van der Waals surface area contributed by atoms with Crippen LogP contribution in [0.25, 0.3) is 0 Å². The van der Waals surface area contributed by atoms with E-state index in [2.05, 4.69) is 32.8 Å². The number of hydrogen-bond donors (Lipinski definition) is 2. The quantitative estimate of drug-likeness (QED) is 0.764. The summed E-state index contributed by atoms with van der Waals surface area (Å²) in [5.74, 6) is 4.60. The highest BCUT2D eigenvalue weighted by atomic mass is 79.9. The third kappa shape index (κ3) is 2.89. The van der Waals surface area contributed by atoms with Crippen LogP contribution in [0.15, 0.2) is 47.1 Å². The van der Waals surface area contributed by atoms with Crippen molar-refractivity contribution < 1.29 is 13.2 Å². The SMILES string of the molecule is N[C@](C#Cc1ccc(Br)cc1)(c1ccc[nH]1)C(F)(F)F. The standard InChI is InChI=1S/C14H10BrF3N2/c15-11-5-3-10(4-6-11)7-8-13(19,14(16,17)18)12-2-1-9-20-12/h1-6,9,20H,19H2/t13-/m1/s1. The van der Waals surface area contributed by atoms with E-state index in [4.69, 9.17) is 5.73 Å². The molecule has 1 aromatic heterocycles. The third-order valence-corrected chi connectivity index (χ3v) is 3.25. The van der Waals surface area contributed by atoms with E-state index in [1.54, 1.807) is 24.3 Å². The molecule has 0 aliphatic rings. The van der Waals surface area contributed by atoms with Crippen LogP contribution in [0.5, 0.6) is 0 Å². The van der Waals surface area contributed by atoms with Gasteiger partial charge in [0.25, 0.3) is 0 Å². The molecule has 0 amide bonds. The van der Waals surface area contributed by atoms with Gasteiger partial charge in [0.15, 0.2) is 0 Å². The molecule has 20 heavy (non-hydrogen) atoms. The summed E-state index contributed by atoms with van der Waals surface area (Å²) in [7, 11) is 0. The molecular weight excluding hydrogens is 333 g/mol. The van der Waals surface area contributed by atoms with E-state index in [1.807, 2.05) is 0 Å². The predicted octanol–water partition coefficient (Wildman–Crippen LogP) is 3.55. The summed E-state index contributed by atoms with van der Waals surface area (Å²) in [5, 5.41) is 0. The van der Waals surface area contributed by atoms with E-state index in [9.17, 15) is 13.2 Å². The molecule has 0 unspecified atom stereocenters. The molecule has 0 radical (unpaired) electrons. The number of rotatable bonds is 1. The van der Waals surface area contributed by atoms with E-state index in [1.165, 1.54) is 18.3 Å². The van der Waals surface area contributed by atoms with Gasteiger partial charge in [-0.1, -0.05) is 27.8 Å². The van der Waals surface area contributed by atoms with E-state index in [-0.39, 0.29) is 5.69 Å². The molecule has 1 aromatic carbocycles. The van der Waals surface area contributed by atoms with Crippen molar-refractivity contribution in [3.05, 3.63) is 58.3 Å². The van der Waals surface area contributed by atoms with Gasteiger partial charge in [0, 0.05) is 16.2 Å². The number of benzene rings is 1. The van der Waals surface area contributed by atoms with Crippen molar-refractivity contribution >= 4 is 15.9 Å². The van der Waals surface area contributed by atoms with Gasteiger partial charge in [-0.25, -0.2) is 0 Å². The smallest absolute Gasteiger partial charge is 0.362 e. The number of halogens is 4. The number of nitrogens with two attached hydrogens (primary N) is 1. The lowest BCUT2D eigenvalue weighted by atomic mass is 9.96. The Morgan fingerprint density at radius 3 is 2.25 bits per heavy atom. The van der Waals surface area contributed by atoms with E-state index >= 15 is 0 Å². The maximum absolute atomic E-state index is 13.2. The zero-order chi connectivity index (χ0) is 14.8. The molecular formula is C14H10BrF3N2. The van der Waals surface area contributed by atoms with Gasteiger partial charge >= 0.3 is 6.18 Å². The number of aromatic nitrogens is 1. The Bertz CT molecular complexity index is 636. The van der Waals surface area contributed by atoms with Gasteiger partial charge in [0.2, 0.25) is 5.54 Å². The number of hydrogen-bond acceptors (Lipinski definition) is 1. The summed E-state index contributed by atoms with van der Waals surface area (Å²) >= 11 is 3.24. The fourth-order valence-electron chi connectivity index (χ4n) is 1.57. The van der Waals surface area contributed by atoms with Gasteiger partial charge in [-0.05, 0) is 36.4 Å². The maximum Gasteiger partial charge on any atom is 0.423 e. The van der Waals surface area contributed by atoms with Crippen LogP contribution in [0.3, 0.4) is 0 Å². The van der Waals surface area contributed by atoms with Crippen LogP contribution < -0.4 is 5.73 Å². The first-order chi connectivity index (χ1) is 9.33. The van der Waals surface area contributed by atoms with Crippen LogP contribution in [0.2, 0.25) is 0 Å². The summed E-state index contributed by atoms with van der Waals surface area (Å²) in [5.41, 5.74) is 3.03. The average Bonchev–Trinajstić information content (AvgIpc) is 2.90. The second kappa shape index (κ2) is 5.35. The molecule has 2 aromatic rings. The van der Waals surface area contributed by atoms with Gasteiger partial charge in [-0.3, -0.25) is 0 Å². The highest BCUT2D eigenvalue weighted by Gasteiger charge is 2.53. The van der Waals surface area contributed by atoms with E-state index < -0.39 is 11.7 Å². The number of aromatic amines is 1. The molecule has 0 saturated heterocycles. The molecule has 0 spiro atoms. The minimum Gasteiger partial charge on any atom is -0.362 e. The van der Waals surface area contributed by atoms with Crippen molar-refractivity contribution in [1.82, 2.24) is 4.98 Å². The topological polar surface area (TPSA) is 41.8 Å². The first-order valence-corrected chi connectivity index (χ1v) is 6.40. The molecule has 0 fully saturated rings. The van der Waals surface area contributed by atoms with Gasteiger partial charge < -0.3 is 10.7 Å². The molecule has 0 aliphatic heterocycles. The largest absolute Gasteiger partial charge is 0.423 e. The molecule has 0 saturated carbocycles. The summed E-state index contributed by atoms with van der Waals surface area (Å²) in [6.45, 7) is 0. The van der Waals surface area contributed by atoms with Crippen molar-refractivity contribution in [3.8, 4) is 11.8 Å². The zero-order valence-electron chi connectivity index (χ0n) is 10.1. The second-order valence-electron chi connectivity index (χ2n) is 4.15. The van der Waals surface area contributed by atoms with Crippen molar-refractivity contribution in [3.63, 3.8) is 0 Å². The van der Waals surface area contributed by atoms with Gasteiger partial charge in [-0.15, -0.1) is 0 Å². The molecule has 3 N–H and O–H groups in total. The fraction of sp³-hybridized carbons (Fsp3) is 0.143. The average molecular weight is 343 g/mol. The van der Waals surface area contributed by atoms with Crippen molar-refractivity contribution in [2.45, 2.75) is 11.7 Å². The molecule has 0 bridgehead atoms. The fourth-order valence-corrected chi connectivity index (χ4v) is 1.83. The van der Waals surface area contributed by atoms with Crippen molar-refractivity contribution in [1.29, 1.82) is 0 Å². The van der Waals surface area contributed by atoms with E-state index in [0.717, 1.165) is 4.47 Å². The Hall–Kier alpha value is -1.71. The molecule has 6 heteroatoms. The third-order valence-electron chi connectivity index (χ3n) is 2.72. The highest BCUT2D eigenvalue weighted by Crippen LogP contribution is 2.35. The Morgan fingerprint density at radius 1 is 1.10 bits per heavy atom. The maximum atomic E-state index is 13.2. The first kappa shape index (κ1) is 14.7. The minimum atomic E-state index is -4.68. The van der Waals surface area contributed by atoms with Gasteiger partial charge in [0.05, 0.1) is 5.69 Å². The van der Waals surface area contributed by atoms with Crippen LogP contribution in [-0.4, -0.2) is 11.2 Å². The number of nitrogens with one attached hydrogen (secondary N) is 1. The second-order valence-corrected chi connectivity index (χ2v) is 5.06. The molecule has 1 atom stereocenters. The normalized spacial score (nSPS) is 14.2. The molecule has 0 aliphatic carbocycles. The molecule has 104 valence electrons. The van der Waals surface area contributed by atoms with Crippen LogP contribution >= 0.6 is 15.9 Å². The Kier molecular flexibility index (Phi) is 3.93. The van der Waals surface area contributed by atoms with Gasteiger partial charge in [-0.2, -0.15) is 13.2 Å². The molecule has 2 rings (SSSR count). The zero-order valence-corrected chi connectivity index (χ0v) is 11.7. The lowest BCUT2D eigenvalue weighted by Gasteiger charge is -2.25. The van der Waals surface area contributed by atoms with Crippen LogP contribution in [-0.2, 0) is 5.54 Å². The summed E-state index contributed by atoms with van der Waals surface area (Å²) in [6, 6.07) is 9.34. The Balaban J connectivity index is 2.43. The lowest BCUT2D eigenvalue weighted by molar-refractivity contribution is -0.172. The minimum absolute atomic E-state index is 0.186. The number of H-pyrrole nitrogens is 1. The van der Waals surface area contributed by atoms with Crippen LogP contribution in [0, 0.1) is 11.8 Å². The van der Waals surface area contributed by atoms with Crippen molar-refractivity contribution in [2.24, 2.45) is 5.73 Å².